The number of H-pyrrole nitrogens is 1. The molecule has 1 aromatic heterocycles. The second kappa shape index (κ2) is 4.12. The van der Waals surface area contributed by atoms with Crippen LogP contribution in [-0.2, 0) is 0 Å². The summed E-state index contributed by atoms with van der Waals surface area (Å²) in [6.45, 7) is 0. The maximum atomic E-state index is 10.8. The van der Waals surface area contributed by atoms with Gasteiger partial charge < -0.3 is 14.8 Å². The zero-order chi connectivity index (χ0) is 12.4. The van der Waals surface area contributed by atoms with E-state index in [4.69, 9.17) is 4.74 Å². The van der Waals surface area contributed by atoms with E-state index in [1.54, 1.807) is 6.20 Å². The summed E-state index contributed by atoms with van der Waals surface area (Å²) in [4.78, 5) is 16.9. The summed E-state index contributed by atoms with van der Waals surface area (Å²) < 4.78 is 4.88. The summed E-state index contributed by atoms with van der Waals surface area (Å²) in [5.41, 5.74) is 0.0482. The summed E-state index contributed by atoms with van der Waals surface area (Å²) in [5, 5.41) is 20.4. The fourth-order valence-electron chi connectivity index (χ4n) is 1.45. The molecule has 2 N–H and O–H groups in total. The van der Waals surface area contributed by atoms with Crippen LogP contribution in [0.3, 0.4) is 0 Å². The molecule has 1 heterocycles. The third-order valence-corrected chi connectivity index (χ3v) is 2.24. The number of ether oxygens (including phenoxy) is 1. The number of nitrogens with one attached hydrogen (secondary N) is 1. The molecule has 0 aliphatic rings. The normalized spacial score (nSPS) is 10.2. The molecule has 7 heteroatoms. The van der Waals surface area contributed by atoms with E-state index in [-0.39, 0.29) is 5.75 Å². The molecule has 1 aromatic carbocycles. The highest BCUT2D eigenvalue weighted by Crippen LogP contribution is 2.39. The van der Waals surface area contributed by atoms with Gasteiger partial charge in [-0.25, -0.2) is 4.98 Å². The Kier molecular flexibility index (Phi) is 2.65. The van der Waals surface area contributed by atoms with Crippen molar-refractivity contribution in [2.75, 3.05) is 7.11 Å². The average Bonchev–Trinajstić information content (AvgIpc) is 2.82. The Hall–Kier alpha value is -2.57. The first-order chi connectivity index (χ1) is 8.13. The lowest BCUT2D eigenvalue weighted by Gasteiger charge is -2.05. The Morgan fingerprint density at radius 1 is 1.53 bits per heavy atom. The Morgan fingerprint density at radius 3 is 2.82 bits per heavy atom. The summed E-state index contributed by atoms with van der Waals surface area (Å²) in [6, 6.07) is 2.71. The van der Waals surface area contributed by atoms with E-state index in [0.717, 1.165) is 0 Å². The number of rotatable bonds is 3. The molecule has 0 atom stereocenters. The molecule has 0 unspecified atom stereocenters. The molecular formula is C10H9N3O4. The molecule has 0 radical (unpaired) electrons. The van der Waals surface area contributed by atoms with Crippen LogP contribution in [0.15, 0.2) is 24.5 Å². The quantitative estimate of drug-likeness (QED) is 0.622. The van der Waals surface area contributed by atoms with E-state index in [9.17, 15) is 15.2 Å². The van der Waals surface area contributed by atoms with Gasteiger partial charge in [-0.15, -0.1) is 0 Å². The van der Waals surface area contributed by atoms with Gasteiger partial charge in [0.15, 0.2) is 5.75 Å². The van der Waals surface area contributed by atoms with Crippen LogP contribution >= 0.6 is 0 Å². The van der Waals surface area contributed by atoms with Crippen molar-refractivity contribution in [2.45, 2.75) is 0 Å². The van der Waals surface area contributed by atoms with E-state index in [1.165, 1.54) is 25.4 Å². The van der Waals surface area contributed by atoms with Crippen molar-refractivity contribution >= 4 is 5.69 Å². The van der Waals surface area contributed by atoms with Crippen molar-refractivity contribution in [1.29, 1.82) is 0 Å². The Bertz CT molecular complexity index is 551. The SMILES string of the molecule is COc1cc(-c2ncc[nH]2)cc([N+](=O)[O-])c1O. The number of phenols is 1. The molecule has 2 rings (SSSR count). The smallest absolute Gasteiger partial charge is 0.315 e. The molecule has 0 aliphatic heterocycles. The first kappa shape index (κ1) is 10.9. The van der Waals surface area contributed by atoms with Crippen molar-refractivity contribution in [3.63, 3.8) is 0 Å². The summed E-state index contributed by atoms with van der Waals surface area (Å²) in [7, 11) is 1.32. The van der Waals surface area contributed by atoms with Gasteiger partial charge in [-0.05, 0) is 6.07 Å². The fraction of sp³-hybridized carbons (Fsp3) is 0.100. The number of nitro groups is 1. The summed E-state index contributed by atoms with van der Waals surface area (Å²) >= 11 is 0. The van der Waals surface area contributed by atoms with Crippen molar-refractivity contribution in [2.24, 2.45) is 0 Å². The fourth-order valence-corrected chi connectivity index (χ4v) is 1.45. The van der Waals surface area contributed by atoms with Crippen LogP contribution in [0.1, 0.15) is 0 Å². The average molecular weight is 235 g/mol. The molecular weight excluding hydrogens is 226 g/mol. The number of imidazole rings is 1. The minimum Gasteiger partial charge on any atom is -0.500 e. The van der Waals surface area contributed by atoms with E-state index in [1.807, 2.05) is 0 Å². The zero-order valence-corrected chi connectivity index (χ0v) is 8.88. The molecule has 0 aliphatic carbocycles. The predicted octanol–water partition coefficient (Wildman–Crippen LogP) is 1.70. The maximum absolute atomic E-state index is 10.8. The molecule has 88 valence electrons. The van der Waals surface area contributed by atoms with Crippen LogP contribution in [0, 0.1) is 10.1 Å². The minimum absolute atomic E-state index is 0.0330. The number of methoxy groups -OCH3 is 1. The number of nitrogens with zero attached hydrogens (tertiary/aromatic N) is 2. The van der Waals surface area contributed by atoms with Gasteiger partial charge in [0.1, 0.15) is 5.82 Å². The number of nitro benzene ring substituents is 1. The van der Waals surface area contributed by atoms with Gasteiger partial charge in [0.05, 0.1) is 12.0 Å². The second-order valence-electron chi connectivity index (χ2n) is 3.24. The lowest BCUT2D eigenvalue weighted by Crippen LogP contribution is -1.93. The van der Waals surface area contributed by atoms with E-state index >= 15 is 0 Å². The van der Waals surface area contributed by atoms with Gasteiger partial charge >= 0.3 is 5.69 Å². The number of aromatic amines is 1. The predicted molar refractivity (Wildman–Crippen MR) is 58.9 cm³/mol. The van der Waals surface area contributed by atoms with Gasteiger partial charge in [-0.1, -0.05) is 0 Å². The minimum atomic E-state index is -0.676. The number of hydrogen-bond donors (Lipinski definition) is 2. The molecule has 0 saturated carbocycles. The molecule has 17 heavy (non-hydrogen) atoms. The molecule has 7 nitrogen and oxygen atoms in total. The van der Waals surface area contributed by atoms with Gasteiger partial charge in [0, 0.05) is 24.0 Å². The Balaban J connectivity index is 2.63. The van der Waals surface area contributed by atoms with Crippen LogP contribution in [0.4, 0.5) is 5.69 Å². The highest BCUT2D eigenvalue weighted by molar-refractivity contribution is 5.68. The summed E-state index contributed by atoms with van der Waals surface area (Å²) in [5.74, 6) is 0.00445. The van der Waals surface area contributed by atoms with Crippen molar-refractivity contribution in [3.8, 4) is 22.9 Å². The van der Waals surface area contributed by atoms with Gasteiger partial charge in [-0.2, -0.15) is 0 Å². The van der Waals surface area contributed by atoms with Gasteiger partial charge in [0.25, 0.3) is 0 Å². The third kappa shape index (κ3) is 1.89. The monoisotopic (exact) mass is 235 g/mol. The largest absolute Gasteiger partial charge is 0.500 e. The second-order valence-corrected chi connectivity index (χ2v) is 3.24. The number of aromatic hydroxyl groups is 1. The standard InChI is InChI=1S/C10H9N3O4/c1-17-8-5-6(10-11-2-3-12-10)4-7(9(8)14)13(15)16/h2-5,14H,1H3,(H,11,12). The van der Waals surface area contributed by atoms with Crippen molar-refractivity contribution < 1.29 is 14.8 Å². The van der Waals surface area contributed by atoms with Gasteiger partial charge in [0.2, 0.25) is 5.75 Å². The molecule has 0 amide bonds. The van der Waals surface area contributed by atoms with Gasteiger partial charge in [-0.3, -0.25) is 10.1 Å². The number of phenolic OH excluding ortho intramolecular Hbond substituents is 1. The highest BCUT2D eigenvalue weighted by Gasteiger charge is 2.20. The van der Waals surface area contributed by atoms with Crippen molar-refractivity contribution in [3.05, 3.63) is 34.6 Å². The van der Waals surface area contributed by atoms with Crippen LogP contribution in [0.5, 0.6) is 11.5 Å². The third-order valence-electron chi connectivity index (χ3n) is 2.24. The lowest BCUT2D eigenvalue weighted by molar-refractivity contribution is -0.385. The summed E-state index contributed by atoms with van der Waals surface area (Å²) in [6.07, 6.45) is 3.13. The zero-order valence-electron chi connectivity index (χ0n) is 8.88. The molecule has 0 fully saturated rings. The van der Waals surface area contributed by atoms with Crippen LogP contribution < -0.4 is 4.74 Å². The Labute approximate surface area is 95.8 Å². The number of hydrogen-bond acceptors (Lipinski definition) is 5. The van der Waals surface area contributed by atoms with Crippen molar-refractivity contribution in [1.82, 2.24) is 9.97 Å². The number of benzene rings is 1. The first-order valence-corrected chi connectivity index (χ1v) is 4.68. The number of aromatic nitrogens is 2. The molecule has 0 spiro atoms. The Morgan fingerprint density at radius 2 is 2.29 bits per heavy atom. The highest BCUT2D eigenvalue weighted by atomic mass is 16.6. The van der Waals surface area contributed by atoms with E-state index in [0.29, 0.717) is 11.4 Å². The van der Waals surface area contributed by atoms with E-state index < -0.39 is 16.4 Å². The first-order valence-electron chi connectivity index (χ1n) is 4.68. The van der Waals surface area contributed by atoms with E-state index in [2.05, 4.69) is 9.97 Å². The van der Waals surface area contributed by atoms with Crippen LogP contribution in [-0.4, -0.2) is 27.1 Å². The maximum Gasteiger partial charge on any atom is 0.315 e. The molecule has 0 bridgehead atoms. The molecule has 0 saturated heterocycles. The lowest BCUT2D eigenvalue weighted by atomic mass is 10.1. The molecule has 2 aromatic rings. The topological polar surface area (TPSA) is 101 Å². The van der Waals surface area contributed by atoms with Crippen LogP contribution in [0.25, 0.3) is 11.4 Å². The van der Waals surface area contributed by atoms with Crippen LogP contribution in [0.2, 0.25) is 0 Å².